The number of hydrogen-bond donors (Lipinski definition) is 0. The van der Waals surface area contributed by atoms with E-state index in [0.29, 0.717) is 12.2 Å². The average molecular weight is 362 g/mol. The van der Waals surface area contributed by atoms with Crippen LogP contribution in [-0.4, -0.2) is 5.97 Å². The summed E-state index contributed by atoms with van der Waals surface area (Å²) in [4.78, 5) is 12.5. The van der Waals surface area contributed by atoms with Crippen molar-refractivity contribution in [1.29, 1.82) is 0 Å². The largest absolute Gasteiger partial charge is 0.461 e. The Labute approximate surface area is 161 Å². The van der Waals surface area contributed by atoms with E-state index < -0.39 is 10.8 Å². The van der Waals surface area contributed by atoms with Crippen LogP contribution in [0.1, 0.15) is 45.2 Å². The molecule has 3 heteroatoms. The van der Waals surface area contributed by atoms with Crippen molar-refractivity contribution in [2.75, 3.05) is 0 Å². The molecule has 0 aromatic heterocycles. The summed E-state index contributed by atoms with van der Waals surface area (Å²) in [6, 6.07) is 18.1. The number of rotatable bonds is 4. The van der Waals surface area contributed by atoms with Crippen molar-refractivity contribution in [2.24, 2.45) is 5.41 Å². The smallest absolute Gasteiger partial charge is 0.316 e. The Morgan fingerprint density at radius 2 is 1.74 bits per heavy atom. The second-order valence-corrected chi connectivity index (χ2v) is 8.08. The molecule has 0 spiro atoms. The highest BCUT2D eigenvalue weighted by atomic mass is 16.6. The highest BCUT2D eigenvalue weighted by Crippen LogP contribution is 2.45. The van der Waals surface area contributed by atoms with Crippen molar-refractivity contribution in [2.45, 2.75) is 39.5 Å². The van der Waals surface area contributed by atoms with Crippen LogP contribution in [0.25, 0.3) is 6.08 Å². The van der Waals surface area contributed by atoms with E-state index in [1.54, 1.807) is 6.26 Å². The molecule has 0 amide bonds. The Kier molecular flexibility index (Phi) is 5.22. The number of benzene rings is 2. The Morgan fingerprint density at radius 3 is 2.44 bits per heavy atom. The third-order valence-electron chi connectivity index (χ3n) is 4.77. The van der Waals surface area contributed by atoms with Gasteiger partial charge in [-0.1, -0.05) is 60.7 Å². The van der Waals surface area contributed by atoms with Gasteiger partial charge in [-0.15, -0.1) is 0 Å². The number of fused-ring (bicyclic) bond motifs is 1. The summed E-state index contributed by atoms with van der Waals surface area (Å²) in [6.45, 7) is 7.63. The lowest BCUT2D eigenvalue weighted by molar-refractivity contribution is -0.150. The van der Waals surface area contributed by atoms with E-state index in [0.717, 1.165) is 16.9 Å². The molecule has 3 nitrogen and oxygen atoms in total. The molecule has 1 aliphatic heterocycles. The van der Waals surface area contributed by atoms with Gasteiger partial charge in [0.05, 0.1) is 10.8 Å². The normalized spacial score (nSPS) is 19.2. The van der Waals surface area contributed by atoms with Crippen LogP contribution in [-0.2, 0) is 14.9 Å². The summed E-state index contributed by atoms with van der Waals surface area (Å²) in [5.74, 6) is 1.07. The molecule has 140 valence electrons. The lowest BCUT2D eigenvalue weighted by atomic mass is 9.76. The van der Waals surface area contributed by atoms with Crippen molar-refractivity contribution < 1.29 is 14.3 Å². The van der Waals surface area contributed by atoms with Crippen LogP contribution < -0.4 is 4.74 Å². The highest BCUT2D eigenvalue weighted by molar-refractivity contribution is 5.77. The van der Waals surface area contributed by atoms with E-state index in [1.807, 2.05) is 63.2 Å². The molecular formula is C24H26O3. The molecule has 3 rings (SSSR count). The summed E-state index contributed by atoms with van der Waals surface area (Å²) in [6.07, 6.45) is 6.47. The fraction of sp³-hybridized carbons (Fsp3) is 0.292. The zero-order chi connectivity index (χ0) is 19.5. The Bertz CT molecular complexity index is 872. The van der Waals surface area contributed by atoms with E-state index in [1.165, 1.54) is 0 Å². The lowest BCUT2D eigenvalue weighted by Crippen LogP contribution is -2.33. The molecule has 27 heavy (non-hydrogen) atoms. The van der Waals surface area contributed by atoms with Crippen LogP contribution in [0, 0.1) is 5.41 Å². The van der Waals surface area contributed by atoms with Crippen LogP contribution in [0.3, 0.4) is 0 Å². The third kappa shape index (κ3) is 4.13. The van der Waals surface area contributed by atoms with Gasteiger partial charge in [0, 0.05) is 5.56 Å². The number of carbonyl (C=O) groups is 1. The summed E-state index contributed by atoms with van der Waals surface area (Å²) in [5, 5.41) is 0. The van der Waals surface area contributed by atoms with Gasteiger partial charge in [-0.25, -0.2) is 0 Å². The molecule has 0 unspecified atom stereocenters. The van der Waals surface area contributed by atoms with Gasteiger partial charge in [0.2, 0.25) is 0 Å². The first-order chi connectivity index (χ1) is 12.8. The van der Waals surface area contributed by atoms with Gasteiger partial charge in [0.1, 0.15) is 12.0 Å². The van der Waals surface area contributed by atoms with Crippen molar-refractivity contribution >= 4 is 12.0 Å². The van der Waals surface area contributed by atoms with Gasteiger partial charge >= 0.3 is 5.97 Å². The number of hydrogen-bond acceptors (Lipinski definition) is 3. The van der Waals surface area contributed by atoms with Crippen molar-refractivity contribution in [3.8, 4) is 5.75 Å². The van der Waals surface area contributed by atoms with Gasteiger partial charge < -0.3 is 9.47 Å². The topological polar surface area (TPSA) is 35.5 Å². The Balaban J connectivity index is 1.92. The van der Waals surface area contributed by atoms with Crippen LogP contribution >= 0.6 is 0 Å². The second-order valence-electron chi connectivity index (χ2n) is 8.08. The van der Waals surface area contributed by atoms with Crippen molar-refractivity contribution in [1.82, 2.24) is 0 Å². The van der Waals surface area contributed by atoms with E-state index in [4.69, 9.17) is 9.47 Å². The highest BCUT2D eigenvalue weighted by Gasteiger charge is 2.40. The molecule has 1 atom stereocenters. The molecule has 0 N–H and O–H groups in total. The number of esters is 1. The molecule has 2 aromatic carbocycles. The molecule has 0 aliphatic carbocycles. The van der Waals surface area contributed by atoms with E-state index >= 15 is 0 Å². The van der Waals surface area contributed by atoms with Gasteiger partial charge in [0.25, 0.3) is 0 Å². The van der Waals surface area contributed by atoms with Gasteiger partial charge in [0.15, 0.2) is 5.76 Å². The van der Waals surface area contributed by atoms with Gasteiger partial charge in [-0.3, -0.25) is 4.79 Å². The van der Waals surface area contributed by atoms with Gasteiger partial charge in [-0.05, 0) is 45.7 Å². The molecule has 0 radical (unpaired) electrons. The minimum atomic E-state index is -0.585. The molecule has 0 bridgehead atoms. The average Bonchev–Trinajstić information content (AvgIpc) is 2.64. The lowest BCUT2D eigenvalue weighted by Gasteiger charge is -2.35. The standard InChI is InChI=1S/C24H26O3/c1-23(2,3)22(25)27-21-17-26-20-15-9-8-14-19(20)24(21,4)16-10-13-18-11-6-5-7-12-18/h5-15,17H,16H2,1-4H3/b13-10+/t24-/m0/s1. The van der Waals surface area contributed by atoms with Crippen molar-refractivity contribution in [3.05, 3.63) is 83.8 Å². The summed E-state index contributed by atoms with van der Waals surface area (Å²) >= 11 is 0. The number of allylic oxidation sites excluding steroid dienone is 2. The van der Waals surface area contributed by atoms with Crippen LogP contribution in [0.15, 0.2) is 72.7 Å². The minimum absolute atomic E-state index is 0.269. The molecule has 0 fully saturated rings. The predicted octanol–water partition coefficient (Wildman–Crippen LogP) is 5.87. The maximum Gasteiger partial charge on any atom is 0.316 e. The molecule has 1 heterocycles. The molecular weight excluding hydrogens is 336 g/mol. The first-order valence-corrected chi connectivity index (χ1v) is 9.21. The first-order valence-electron chi connectivity index (χ1n) is 9.21. The number of para-hydroxylation sites is 1. The number of ether oxygens (including phenoxy) is 2. The third-order valence-corrected chi connectivity index (χ3v) is 4.77. The van der Waals surface area contributed by atoms with E-state index in [-0.39, 0.29) is 5.97 Å². The van der Waals surface area contributed by atoms with Gasteiger partial charge in [-0.2, -0.15) is 0 Å². The van der Waals surface area contributed by atoms with E-state index in [9.17, 15) is 4.79 Å². The fourth-order valence-electron chi connectivity index (χ4n) is 3.00. The molecule has 2 aromatic rings. The molecule has 1 aliphatic rings. The van der Waals surface area contributed by atoms with E-state index in [2.05, 4.69) is 31.2 Å². The SMILES string of the molecule is CC(C)(C)C(=O)OC1=COc2ccccc2[C@]1(C)C/C=C/c1ccccc1. The van der Waals surface area contributed by atoms with Crippen LogP contribution in [0.5, 0.6) is 5.75 Å². The summed E-state index contributed by atoms with van der Waals surface area (Å²) in [5.41, 5.74) is 1.08. The van der Waals surface area contributed by atoms with Crippen molar-refractivity contribution in [3.63, 3.8) is 0 Å². The summed E-state index contributed by atoms with van der Waals surface area (Å²) in [7, 11) is 0. The summed E-state index contributed by atoms with van der Waals surface area (Å²) < 4.78 is 11.5. The maximum absolute atomic E-state index is 12.5. The monoisotopic (exact) mass is 362 g/mol. The quantitative estimate of drug-likeness (QED) is 0.638. The zero-order valence-corrected chi connectivity index (χ0v) is 16.4. The molecule has 0 saturated heterocycles. The predicted molar refractivity (Wildman–Crippen MR) is 108 cm³/mol. The van der Waals surface area contributed by atoms with Crippen LogP contribution in [0.2, 0.25) is 0 Å². The number of carbonyl (C=O) groups excluding carboxylic acids is 1. The maximum atomic E-state index is 12.5. The Hall–Kier alpha value is -2.81. The fourth-order valence-corrected chi connectivity index (χ4v) is 3.00. The zero-order valence-electron chi connectivity index (χ0n) is 16.4. The second kappa shape index (κ2) is 7.43. The first kappa shape index (κ1) is 19.0. The van der Waals surface area contributed by atoms with Crippen LogP contribution in [0.4, 0.5) is 0 Å². The molecule has 0 saturated carbocycles. The minimum Gasteiger partial charge on any atom is -0.461 e. The Morgan fingerprint density at radius 1 is 1.07 bits per heavy atom.